The highest BCUT2D eigenvalue weighted by Gasteiger charge is 2.46. The summed E-state index contributed by atoms with van der Waals surface area (Å²) in [6, 6.07) is 7.90. The second-order valence-corrected chi connectivity index (χ2v) is 7.64. The largest absolute Gasteiger partial charge is 0.354 e. The summed E-state index contributed by atoms with van der Waals surface area (Å²) in [6.45, 7) is 6.55. The van der Waals surface area contributed by atoms with E-state index < -0.39 is 0 Å². The van der Waals surface area contributed by atoms with Crippen LogP contribution in [0.2, 0.25) is 5.02 Å². The normalized spacial score (nSPS) is 21.7. The molecular weight excluding hydrogens is 338 g/mol. The van der Waals surface area contributed by atoms with Gasteiger partial charge >= 0.3 is 0 Å². The molecule has 2 aliphatic rings. The molecular formula is C18H22ClN5O. The third-order valence-electron chi connectivity index (χ3n) is 5.41. The van der Waals surface area contributed by atoms with Crippen LogP contribution < -0.4 is 5.32 Å². The third-order valence-corrected chi connectivity index (χ3v) is 5.75. The summed E-state index contributed by atoms with van der Waals surface area (Å²) >= 11 is 6.40. The summed E-state index contributed by atoms with van der Waals surface area (Å²) in [7, 11) is 0. The molecule has 2 aromatic rings. The highest BCUT2D eigenvalue weighted by molar-refractivity contribution is 6.31. The van der Waals surface area contributed by atoms with Gasteiger partial charge in [0.2, 0.25) is 11.8 Å². The predicted molar refractivity (Wildman–Crippen MR) is 97.1 cm³/mol. The van der Waals surface area contributed by atoms with Crippen molar-refractivity contribution in [3.63, 3.8) is 0 Å². The predicted octanol–water partition coefficient (Wildman–Crippen LogP) is 3.16. The Bertz CT molecular complexity index is 792. The lowest BCUT2D eigenvalue weighted by molar-refractivity contribution is 0.0622. The molecule has 0 aliphatic carbocycles. The summed E-state index contributed by atoms with van der Waals surface area (Å²) in [5.41, 5.74) is 0.754. The zero-order chi connectivity index (χ0) is 17.6. The lowest BCUT2D eigenvalue weighted by atomic mass is 9.82. The smallest absolute Gasteiger partial charge is 0.294 e. The van der Waals surface area contributed by atoms with Gasteiger partial charge in [0, 0.05) is 36.1 Å². The zero-order valence-corrected chi connectivity index (χ0v) is 15.3. The van der Waals surface area contributed by atoms with Crippen LogP contribution in [0.5, 0.6) is 0 Å². The Morgan fingerprint density at radius 2 is 2.12 bits per heavy atom. The van der Waals surface area contributed by atoms with Crippen molar-refractivity contribution < 1.29 is 4.79 Å². The van der Waals surface area contributed by atoms with Crippen molar-refractivity contribution >= 4 is 23.5 Å². The third kappa shape index (κ3) is 2.68. The fourth-order valence-electron chi connectivity index (χ4n) is 4.01. The topological polar surface area (TPSA) is 63.1 Å². The number of rotatable bonds is 2. The second kappa shape index (κ2) is 6.02. The molecule has 1 saturated heterocycles. The van der Waals surface area contributed by atoms with Crippen molar-refractivity contribution in [1.82, 2.24) is 19.7 Å². The number of carbonyl (C=O) groups excluding carboxylic acids is 1. The number of carbonyl (C=O) groups is 1. The van der Waals surface area contributed by atoms with Gasteiger partial charge in [-0.15, -0.1) is 5.10 Å². The highest BCUT2D eigenvalue weighted by atomic mass is 35.5. The first kappa shape index (κ1) is 16.4. The second-order valence-electron chi connectivity index (χ2n) is 7.24. The number of amides is 1. The van der Waals surface area contributed by atoms with Crippen LogP contribution >= 0.6 is 11.6 Å². The number of aromatic nitrogens is 3. The Hall–Kier alpha value is -2.08. The summed E-state index contributed by atoms with van der Waals surface area (Å²) < 4.78 is 1.78. The van der Waals surface area contributed by atoms with E-state index in [2.05, 4.69) is 35.3 Å². The van der Waals surface area contributed by atoms with E-state index in [1.165, 1.54) is 0 Å². The van der Waals surface area contributed by atoms with E-state index in [9.17, 15) is 4.79 Å². The number of benzene rings is 1. The zero-order valence-electron chi connectivity index (χ0n) is 14.5. The van der Waals surface area contributed by atoms with Crippen molar-refractivity contribution in [3.05, 3.63) is 40.7 Å². The minimum absolute atomic E-state index is 0.108. The first-order valence-corrected chi connectivity index (χ1v) is 9.11. The molecule has 0 saturated carbocycles. The van der Waals surface area contributed by atoms with Crippen molar-refractivity contribution in [2.75, 3.05) is 18.4 Å². The Balaban J connectivity index is 1.62. The Kier molecular flexibility index (Phi) is 3.95. The number of hydrogen-bond acceptors (Lipinski definition) is 4. The van der Waals surface area contributed by atoms with Gasteiger partial charge in [0.25, 0.3) is 5.91 Å². The van der Waals surface area contributed by atoms with E-state index in [1.54, 1.807) is 4.68 Å². The van der Waals surface area contributed by atoms with Crippen LogP contribution in [-0.4, -0.2) is 44.2 Å². The molecule has 7 heteroatoms. The average molecular weight is 360 g/mol. The maximum Gasteiger partial charge on any atom is 0.294 e. The fraction of sp³-hybridized carbons (Fsp3) is 0.500. The van der Waals surface area contributed by atoms with Crippen molar-refractivity contribution in [2.45, 2.75) is 44.7 Å². The van der Waals surface area contributed by atoms with Crippen LogP contribution in [-0.2, 0) is 6.54 Å². The van der Waals surface area contributed by atoms with E-state index >= 15 is 0 Å². The van der Waals surface area contributed by atoms with E-state index in [1.807, 2.05) is 23.1 Å². The monoisotopic (exact) mass is 359 g/mol. The van der Waals surface area contributed by atoms with Gasteiger partial charge in [0.1, 0.15) is 0 Å². The van der Waals surface area contributed by atoms with Gasteiger partial charge in [0.15, 0.2) is 0 Å². The molecule has 0 bridgehead atoms. The van der Waals surface area contributed by atoms with Crippen molar-refractivity contribution in [1.29, 1.82) is 0 Å². The fourth-order valence-corrected chi connectivity index (χ4v) is 4.28. The molecule has 0 radical (unpaired) electrons. The number of aryl methyl sites for hydroxylation is 1. The SMILES string of the molecule is CC1(C)C(c2ccccc2Cl)CCN1C(=O)c1nc2n(n1)CCCN2. The van der Waals surface area contributed by atoms with E-state index in [4.69, 9.17) is 11.6 Å². The maximum absolute atomic E-state index is 13.1. The van der Waals surface area contributed by atoms with Crippen LogP contribution in [0, 0.1) is 0 Å². The average Bonchev–Trinajstić information content (AvgIpc) is 3.15. The summed E-state index contributed by atoms with van der Waals surface area (Å²) in [4.78, 5) is 19.4. The van der Waals surface area contributed by atoms with Gasteiger partial charge in [-0.3, -0.25) is 4.79 Å². The standard InChI is InChI=1S/C18H22ClN5O/c1-18(2)13(12-6-3-4-7-14(12)19)8-11-23(18)16(25)15-21-17-20-9-5-10-24(17)22-15/h3-4,6-7,13H,5,8-11H2,1-2H3,(H,20,21,22). The van der Waals surface area contributed by atoms with Crippen LogP contribution in [0.25, 0.3) is 0 Å². The van der Waals surface area contributed by atoms with Gasteiger partial charge in [0.05, 0.1) is 0 Å². The summed E-state index contributed by atoms with van der Waals surface area (Å²) in [5, 5.41) is 8.35. The Labute approximate surface area is 152 Å². The van der Waals surface area contributed by atoms with Crippen LogP contribution in [0.4, 0.5) is 5.95 Å². The molecule has 6 nitrogen and oxygen atoms in total. The molecule has 2 aliphatic heterocycles. The molecule has 1 N–H and O–H groups in total. The first-order valence-electron chi connectivity index (χ1n) is 8.73. The molecule has 1 amide bonds. The van der Waals surface area contributed by atoms with Crippen LogP contribution in [0.15, 0.2) is 24.3 Å². The van der Waals surface area contributed by atoms with E-state index in [0.29, 0.717) is 12.5 Å². The number of hydrogen-bond donors (Lipinski definition) is 1. The number of anilines is 1. The maximum atomic E-state index is 13.1. The Morgan fingerprint density at radius 1 is 1.32 bits per heavy atom. The Morgan fingerprint density at radius 3 is 2.88 bits per heavy atom. The lowest BCUT2D eigenvalue weighted by Crippen LogP contribution is -2.45. The molecule has 132 valence electrons. The van der Waals surface area contributed by atoms with Gasteiger partial charge in [-0.1, -0.05) is 29.8 Å². The minimum Gasteiger partial charge on any atom is -0.354 e. The molecule has 1 fully saturated rings. The molecule has 0 spiro atoms. The van der Waals surface area contributed by atoms with Gasteiger partial charge in [-0.05, 0) is 38.3 Å². The highest BCUT2D eigenvalue weighted by Crippen LogP contribution is 2.44. The van der Waals surface area contributed by atoms with Gasteiger partial charge in [-0.2, -0.15) is 4.98 Å². The summed E-state index contributed by atoms with van der Waals surface area (Å²) in [6.07, 6.45) is 1.88. The molecule has 4 rings (SSSR count). The number of nitrogens with zero attached hydrogens (tertiary/aromatic N) is 4. The molecule has 3 heterocycles. The summed E-state index contributed by atoms with van der Waals surface area (Å²) in [5.74, 6) is 1.05. The van der Waals surface area contributed by atoms with E-state index in [0.717, 1.165) is 36.5 Å². The minimum atomic E-state index is -0.346. The lowest BCUT2D eigenvalue weighted by Gasteiger charge is -2.36. The molecule has 1 aromatic heterocycles. The molecule has 1 aromatic carbocycles. The van der Waals surface area contributed by atoms with Gasteiger partial charge < -0.3 is 10.2 Å². The number of fused-ring (bicyclic) bond motifs is 1. The van der Waals surface area contributed by atoms with Gasteiger partial charge in [-0.25, -0.2) is 4.68 Å². The van der Waals surface area contributed by atoms with Crippen LogP contribution in [0.3, 0.4) is 0 Å². The van der Waals surface area contributed by atoms with E-state index in [-0.39, 0.29) is 23.2 Å². The van der Waals surface area contributed by atoms with Crippen LogP contribution in [0.1, 0.15) is 48.8 Å². The molecule has 1 unspecified atom stereocenters. The van der Waals surface area contributed by atoms with Crippen molar-refractivity contribution in [3.8, 4) is 0 Å². The molecule has 25 heavy (non-hydrogen) atoms. The first-order chi connectivity index (χ1) is 12.0. The number of halogens is 1. The number of nitrogens with one attached hydrogen (secondary N) is 1. The van der Waals surface area contributed by atoms with Crippen molar-refractivity contribution in [2.24, 2.45) is 0 Å². The quantitative estimate of drug-likeness (QED) is 0.894. The molecule has 1 atom stereocenters. The number of likely N-dealkylation sites (tertiary alicyclic amines) is 1.